The van der Waals surface area contributed by atoms with Crippen molar-refractivity contribution in [2.24, 2.45) is 0 Å². The molecule has 19 heavy (non-hydrogen) atoms. The van der Waals surface area contributed by atoms with Crippen LogP contribution >= 0.6 is 31.3 Å². The predicted octanol–water partition coefficient (Wildman–Crippen LogP) is -1.87. The monoisotopic (exact) mass is 418 g/mol. The van der Waals surface area contributed by atoms with Crippen LogP contribution in [0.2, 0.25) is 0 Å². The number of rotatable bonds is 6. The molecule has 2 atom stereocenters. The van der Waals surface area contributed by atoms with Crippen LogP contribution in [0, 0.1) is 0 Å². The fraction of sp³-hybridized carbons (Fsp3) is 0. The Bertz CT molecular complexity index is 411. The van der Waals surface area contributed by atoms with Crippen LogP contribution in [-0.4, -0.2) is 132 Å². The second-order valence-electron chi connectivity index (χ2n) is 2.16. The van der Waals surface area contributed by atoms with E-state index in [1.165, 1.54) is 0 Å². The molecule has 108 valence electrons. The van der Waals surface area contributed by atoms with E-state index in [0.717, 1.165) is 0 Å². The topological polar surface area (TPSA) is 217 Å². The summed E-state index contributed by atoms with van der Waals surface area (Å²) in [5, 5.41) is 0. The van der Waals surface area contributed by atoms with Gasteiger partial charge in [0.25, 0.3) is 0 Å². The Kier molecular flexibility index (Phi) is 14.5. The molecule has 0 aliphatic heterocycles. The summed E-state index contributed by atoms with van der Waals surface area (Å²) < 4.78 is 50.9. The van der Waals surface area contributed by atoms with E-state index in [-0.39, 0.29) is 103 Å². The van der Waals surface area contributed by atoms with Gasteiger partial charge in [-0.1, -0.05) is 0 Å². The fourth-order valence-electron chi connectivity index (χ4n) is 0.429. The van der Waals surface area contributed by atoms with Crippen LogP contribution in [0.25, 0.3) is 0 Å². The molecule has 0 heterocycles. The molecule has 0 aliphatic carbocycles. The van der Waals surface area contributed by atoms with Crippen molar-refractivity contribution in [3.8, 4) is 0 Å². The van der Waals surface area contributed by atoms with Crippen molar-refractivity contribution < 1.29 is 60.6 Å². The summed E-state index contributed by atoms with van der Waals surface area (Å²) in [6.07, 6.45) is 0. The Morgan fingerprint density at radius 1 is 0.526 bits per heavy atom. The third-order valence-corrected chi connectivity index (χ3v) is 5.63. The zero-order chi connectivity index (χ0) is 14.1. The SMILES string of the molecule is O=P(O)(O)OP(=O)(O)OP(=O)(O)OP(=O)(O)O.[KH].[KH]. The predicted molar refractivity (Wildman–Crippen MR) is 61.3 cm³/mol. The molecule has 0 saturated carbocycles. The Hall–Kier alpha value is 3.83. The molecule has 6 N–H and O–H groups in total. The summed E-state index contributed by atoms with van der Waals surface area (Å²) in [5.41, 5.74) is 0. The summed E-state index contributed by atoms with van der Waals surface area (Å²) in [4.78, 5) is 49.4. The first-order valence-corrected chi connectivity index (χ1v) is 9.08. The molecule has 0 aromatic carbocycles. The van der Waals surface area contributed by atoms with Gasteiger partial charge >= 0.3 is 134 Å². The van der Waals surface area contributed by atoms with E-state index in [4.69, 9.17) is 29.4 Å². The van der Waals surface area contributed by atoms with E-state index < -0.39 is 31.3 Å². The summed E-state index contributed by atoms with van der Waals surface area (Å²) in [6.45, 7) is 0. The molecule has 0 spiro atoms. The summed E-state index contributed by atoms with van der Waals surface area (Å²) >= 11 is 0. The van der Waals surface area contributed by atoms with Crippen molar-refractivity contribution in [1.82, 2.24) is 0 Å². The molecule has 0 aromatic rings. The average molecular weight is 418 g/mol. The first kappa shape index (κ1) is 27.7. The van der Waals surface area contributed by atoms with Gasteiger partial charge in [-0.25, -0.2) is 18.3 Å². The average Bonchev–Trinajstić information content (AvgIpc) is 1.65. The van der Waals surface area contributed by atoms with E-state index >= 15 is 0 Å². The van der Waals surface area contributed by atoms with Gasteiger partial charge in [-0.3, -0.25) is 0 Å². The molecule has 0 aromatic heterocycles. The van der Waals surface area contributed by atoms with Crippen LogP contribution in [0.15, 0.2) is 0 Å². The second kappa shape index (κ2) is 9.97. The maximum atomic E-state index is 10.7. The molecule has 19 heteroatoms. The van der Waals surface area contributed by atoms with Gasteiger partial charge in [0.15, 0.2) is 0 Å². The second-order valence-corrected chi connectivity index (χ2v) is 7.96. The zero-order valence-electron chi connectivity index (χ0n) is 7.33. The first-order valence-electron chi connectivity index (χ1n) is 3.03. The van der Waals surface area contributed by atoms with Gasteiger partial charge in [0, 0.05) is 0 Å². The Labute approximate surface area is 191 Å². The normalized spacial score (nSPS) is 18.4. The number of hydrogen-bond donors (Lipinski definition) is 6. The molecule has 0 aliphatic rings. The van der Waals surface area contributed by atoms with E-state index in [9.17, 15) is 18.3 Å². The molecular weight excluding hydrogens is 410 g/mol. The van der Waals surface area contributed by atoms with Crippen LogP contribution < -0.4 is 0 Å². The van der Waals surface area contributed by atoms with Crippen molar-refractivity contribution in [1.29, 1.82) is 0 Å². The van der Waals surface area contributed by atoms with Gasteiger partial charge in [-0.15, -0.1) is 0 Å². The van der Waals surface area contributed by atoms with Crippen LogP contribution in [0.4, 0.5) is 0 Å². The molecule has 13 nitrogen and oxygen atoms in total. The maximum absolute atomic E-state index is 10.7. The van der Waals surface area contributed by atoms with Gasteiger partial charge in [0.2, 0.25) is 0 Å². The summed E-state index contributed by atoms with van der Waals surface area (Å²) in [6, 6.07) is 0. The quantitative estimate of drug-likeness (QED) is 0.206. The van der Waals surface area contributed by atoms with Crippen molar-refractivity contribution in [3.63, 3.8) is 0 Å². The molecule has 0 bridgehead atoms. The van der Waals surface area contributed by atoms with E-state index in [0.29, 0.717) is 0 Å². The van der Waals surface area contributed by atoms with Crippen molar-refractivity contribution in [3.05, 3.63) is 0 Å². The van der Waals surface area contributed by atoms with Gasteiger partial charge in [-0.05, 0) is 0 Å². The van der Waals surface area contributed by atoms with Crippen LogP contribution in [-0.2, 0) is 31.2 Å². The van der Waals surface area contributed by atoms with Crippen molar-refractivity contribution >= 4 is 134 Å². The Morgan fingerprint density at radius 2 is 0.737 bits per heavy atom. The molecular formula is H8K2O13P4. The number of hydrogen-bond acceptors (Lipinski definition) is 7. The zero-order valence-corrected chi connectivity index (χ0v) is 10.9. The number of phosphoric acid groups is 4. The van der Waals surface area contributed by atoms with Gasteiger partial charge in [0.05, 0.1) is 0 Å². The van der Waals surface area contributed by atoms with Crippen LogP contribution in [0.5, 0.6) is 0 Å². The third-order valence-electron chi connectivity index (χ3n) is 0.625. The van der Waals surface area contributed by atoms with Crippen molar-refractivity contribution in [2.75, 3.05) is 0 Å². The van der Waals surface area contributed by atoms with E-state index in [2.05, 4.69) is 12.9 Å². The first-order chi connectivity index (χ1) is 7.12. The molecule has 0 rings (SSSR count). The van der Waals surface area contributed by atoms with E-state index in [1.807, 2.05) is 0 Å². The van der Waals surface area contributed by atoms with Gasteiger partial charge < -0.3 is 29.4 Å². The Morgan fingerprint density at radius 3 is 0.895 bits per heavy atom. The third kappa shape index (κ3) is 18.0. The van der Waals surface area contributed by atoms with Gasteiger partial charge in [0.1, 0.15) is 0 Å². The molecule has 0 amide bonds. The molecule has 0 fully saturated rings. The summed E-state index contributed by atoms with van der Waals surface area (Å²) in [7, 11) is -22.6. The minimum atomic E-state index is -5.77. The van der Waals surface area contributed by atoms with Crippen LogP contribution in [0.1, 0.15) is 0 Å². The Balaban J connectivity index is -0.00000128. The van der Waals surface area contributed by atoms with E-state index in [1.54, 1.807) is 0 Å². The van der Waals surface area contributed by atoms with Gasteiger partial charge in [-0.2, -0.15) is 12.9 Å². The molecule has 0 saturated heterocycles. The minimum absolute atomic E-state index is 0. The molecule has 0 radical (unpaired) electrons. The standard InChI is InChI=1S/2K.H6O13P4.2H/c;;1-14(2,3)11-16(7,8)13-17(9,10)12-15(4,5)6;;/h;;(H,7,8)(H,9,10)(H2,1,2,3)(H2,4,5,6);;. The van der Waals surface area contributed by atoms with Crippen LogP contribution in [0.3, 0.4) is 0 Å². The fourth-order valence-corrected chi connectivity index (χ4v) is 4.40. The van der Waals surface area contributed by atoms with Crippen molar-refractivity contribution in [2.45, 2.75) is 0 Å². The summed E-state index contributed by atoms with van der Waals surface area (Å²) in [5.74, 6) is 0. The molecule has 2 unspecified atom stereocenters.